The molecule has 5 heteroatoms. The summed E-state index contributed by atoms with van der Waals surface area (Å²) in [5, 5.41) is 0.896. The Kier molecular flexibility index (Phi) is 2.90. The van der Waals surface area contributed by atoms with E-state index < -0.39 is 0 Å². The first kappa shape index (κ1) is 11.0. The van der Waals surface area contributed by atoms with Gasteiger partial charge in [0.05, 0.1) is 10.0 Å². The molecule has 1 heterocycles. The Balaban J connectivity index is 2.63. The van der Waals surface area contributed by atoms with E-state index in [9.17, 15) is 4.79 Å². The molecule has 2 rings (SSSR count). The summed E-state index contributed by atoms with van der Waals surface area (Å²) in [4.78, 5) is 13.8. The molecule has 0 saturated heterocycles. The molecule has 0 aliphatic carbocycles. The van der Waals surface area contributed by atoms with Gasteiger partial charge in [0.2, 0.25) is 0 Å². The van der Waals surface area contributed by atoms with Crippen molar-refractivity contribution in [2.75, 3.05) is 5.73 Å². The lowest BCUT2D eigenvalue weighted by Crippen LogP contribution is -2.11. The van der Waals surface area contributed by atoms with E-state index in [1.54, 1.807) is 24.3 Å². The Hall–Kier alpha value is -1.45. The zero-order valence-electron chi connectivity index (χ0n) is 8.13. The first-order chi connectivity index (χ1) is 7.59. The molecule has 3 nitrogen and oxygen atoms in total. The third-order valence-corrected chi connectivity index (χ3v) is 2.97. The maximum Gasteiger partial charge on any atom is 0.271 e. The Morgan fingerprint density at radius 1 is 1.12 bits per heavy atom. The van der Waals surface area contributed by atoms with Crippen LogP contribution in [0.1, 0.15) is 0 Å². The highest BCUT2D eigenvalue weighted by Gasteiger charge is 2.07. The van der Waals surface area contributed by atoms with Gasteiger partial charge in [0.1, 0.15) is 5.69 Å². The second kappa shape index (κ2) is 4.20. The normalized spacial score (nSPS) is 10.4. The number of halogens is 2. The number of hydrogen-bond acceptors (Lipinski definition) is 2. The minimum Gasteiger partial charge on any atom is -0.394 e. The number of nitrogens with two attached hydrogens (primary N) is 1. The number of H-pyrrole nitrogens is 1. The van der Waals surface area contributed by atoms with Crippen LogP contribution in [0.4, 0.5) is 5.69 Å². The van der Waals surface area contributed by atoms with Crippen molar-refractivity contribution in [3.63, 3.8) is 0 Å². The molecule has 82 valence electrons. The third-order valence-electron chi connectivity index (χ3n) is 2.23. The molecule has 0 bridgehead atoms. The predicted molar refractivity (Wildman–Crippen MR) is 66.9 cm³/mol. The van der Waals surface area contributed by atoms with Crippen LogP contribution in [0.25, 0.3) is 11.1 Å². The van der Waals surface area contributed by atoms with Crippen LogP contribution in [0.3, 0.4) is 0 Å². The molecule has 0 amide bonds. The summed E-state index contributed by atoms with van der Waals surface area (Å²) in [5.41, 5.74) is 6.94. The molecule has 1 aromatic heterocycles. The summed E-state index contributed by atoms with van der Waals surface area (Å²) >= 11 is 11.7. The summed E-state index contributed by atoms with van der Waals surface area (Å²) in [7, 11) is 0. The molecule has 16 heavy (non-hydrogen) atoms. The molecule has 0 aliphatic heterocycles. The zero-order chi connectivity index (χ0) is 11.7. The maximum atomic E-state index is 11.3. The van der Waals surface area contributed by atoms with Crippen molar-refractivity contribution in [1.29, 1.82) is 0 Å². The molecule has 0 aliphatic rings. The summed E-state index contributed by atoms with van der Waals surface area (Å²) < 4.78 is 0. The van der Waals surface area contributed by atoms with Gasteiger partial charge in [-0.15, -0.1) is 0 Å². The smallest absolute Gasteiger partial charge is 0.271 e. The van der Waals surface area contributed by atoms with E-state index in [1.807, 2.05) is 0 Å². The number of nitrogen functional groups attached to an aromatic ring is 1. The number of pyridine rings is 1. The van der Waals surface area contributed by atoms with Crippen LogP contribution < -0.4 is 11.3 Å². The average Bonchev–Trinajstić information content (AvgIpc) is 2.26. The van der Waals surface area contributed by atoms with Crippen molar-refractivity contribution in [3.05, 3.63) is 50.9 Å². The van der Waals surface area contributed by atoms with Gasteiger partial charge in [-0.2, -0.15) is 0 Å². The number of nitrogens with one attached hydrogen (secondary N) is 1. The Morgan fingerprint density at radius 2 is 1.88 bits per heavy atom. The minimum absolute atomic E-state index is 0.167. The molecule has 1 aromatic carbocycles. The van der Waals surface area contributed by atoms with Gasteiger partial charge in [0.15, 0.2) is 0 Å². The summed E-state index contributed by atoms with van der Waals surface area (Å²) in [6, 6.07) is 6.82. The van der Waals surface area contributed by atoms with E-state index in [1.165, 1.54) is 6.20 Å². The van der Waals surface area contributed by atoms with Gasteiger partial charge < -0.3 is 10.7 Å². The van der Waals surface area contributed by atoms with Crippen molar-refractivity contribution in [3.8, 4) is 11.1 Å². The molecular weight excluding hydrogens is 247 g/mol. The average molecular weight is 255 g/mol. The Bertz CT molecular complexity index is 593. The number of rotatable bonds is 1. The monoisotopic (exact) mass is 254 g/mol. The highest BCUT2D eigenvalue weighted by atomic mass is 35.5. The van der Waals surface area contributed by atoms with Gasteiger partial charge in [-0.1, -0.05) is 29.3 Å². The number of aromatic nitrogens is 1. The molecule has 2 aromatic rings. The Morgan fingerprint density at radius 3 is 2.56 bits per heavy atom. The van der Waals surface area contributed by atoms with Crippen molar-refractivity contribution in [1.82, 2.24) is 4.98 Å². The van der Waals surface area contributed by atoms with Crippen LogP contribution in [-0.2, 0) is 0 Å². The van der Waals surface area contributed by atoms with Gasteiger partial charge in [-0.05, 0) is 23.8 Å². The summed E-state index contributed by atoms with van der Waals surface area (Å²) in [5.74, 6) is 0. The van der Waals surface area contributed by atoms with Crippen molar-refractivity contribution >= 4 is 28.9 Å². The van der Waals surface area contributed by atoms with Crippen molar-refractivity contribution in [2.45, 2.75) is 0 Å². The van der Waals surface area contributed by atoms with Crippen LogP contribution >= 0.6 is 23.2 Å². The van der Waals surface area contributed by atoms with Gasteiger partial charge >= 0.3 is 0 Å². The maximum absolute atomic E-state index is 11.3. The molecule has 0 atom stereocenters. The van der Waals surface area contributed by atoms with Crippen LogP contribution in [0.15, 0.2) is 35.3 Å². The largest absolute Gasteiger partial charge is 0.394 e. The van der Waals surface area contributed by atoms with Gasteiger partial charge in [0.25, 0.3) is 5.56 Å². The fraction of sp³-hybridized carbons (Fsp3) is 0. The van der Waals surface area contributed by atoms with Crippen molar-refractivity contribution < 1.29 is 0 Å². The van der Waals surface area contributed by atoms with Crippen molar-refractivity contribution in [2.24, 2.45) is 0 Å². The number of aromatic amines is 1. The van der Waals surface area contributed by atoms with E-state index >= 15 is 0 Å². The molecular formula is C11H8Cl2N2O. The number of hydrogen-bond donors (Lipinski definition) is 2. The molecule has 0 spiro atoms. The topological polar surface area (TPSA) is 58.9 Å². The minimum atomic E-state index is -0.316. The lowest BCUT2D eigenvalue weighted by Gasteiger charge is -2.05. The van der Waals surface area contributed by atoms with Gasteiger partial charge in [0, 0.05) is 11.8 Å². The highest BCUT2D eigenvalue weighted by Crippen LogP contribution is 2.29. The van der Waals surface area contributed by atoms with Crippen LogP contribution in [0.5, 0.6) is 0 Å². The van der Waals surface area contributed by atoms with E-state index in [-0.39, 0.29) is 11.2 Å². The lowest BCUT2D eigenvalue weighted by molar-refractivity contribution is 1.25. The van der Waals surface area contributed by atoms with Crippen LogP contribution in [0, 0.1) is 0 Å². The second-order valence-electron chi connectivity index (χ2n) is 3.26. The zero-order valence-corrected chi connectivity index (χ0v) is 9.64. The quantitative estimate of drug-likeness (QED) is 0.822. The molecule has 0 saturated carbocycles. The van der Waals surface area contributed by atoms with E-state index in [0.29, 0.717) is 15.6 Å². The fourth-order valence-corrected chi connectivity index (χ4v) is 1.70. The number of benzene rings is 1. The first-order valence-corrected chi connectivity index (χ1v) is 5.28. The fourth-order valence-electron chi connectivity index (χ4n) is 1.41. The molecule has 0 unspecified atom stereocenters. The highest BCUT2D eigenvalue weighted by molar-refractivity contribution is 6.42. The number of anilines is 1. The van der Waals surface area contributed by atoms with E-state index in [0.717, 1.165) is 5.56 Å². The van der Waals surface area contributed by atoms with Crippen LogP contribution in [-0.4, -0.2) is 4.98 Å². The van der Waals surface area contributed by atoms with Gasteiger partial charge in [-0.25, -0.2) is 0 Å². The standard InChI is InChI=1S/C11H8Cl2N2O/c12-8-2-1-6(5-9(8)13)7-3-4-15-11(16)10(7)14/h1-5H,14H2,(H,15,16). The summed E-state index contributed by atoms with van der Waals surface area (Å²) in [6.45, 7) is 0. The summed E-state index contributed by atoms with van der Waals surface area (Å²) in [6.07, 6.45) is 1.54. The Labute approximate surface area is 102 Å². The van der Waals surface area contributed by atoms with E-state index in [2.05, 4.69) is 4.98 Å². The van der Waals surface area contributed by atoms with E-state index in [4.69, 9.17) is 28.9 Å². The SMILES string of the molecule is Nc1c(-c2ccc(Cl)c(Cl)c2)cc[nH]c1=O. The molecule has 0 fully saturated rings. The van der Waals surface area contributed by atoms with Crippen LogP contribution in [0.2, 0.25) is 10.0 Å². The molecule has 0 radical (unpaired) electrons. The predicted octanol–water partition coefficient (Wildman–Crippen LogP) is 2.93. The molecule has 3 N–H and O–H groups in total. The third kappa shape index (κ3) is 1.92. The van der Waals surface area contributed by atoms with Gasteiger partial charge in [-0.3, -0.25) is 4.79 Å². The first-order valence-electron chi connectivity index (χ1n) is 4.52. The second-order valence-corrected chi connectivity index (χ2v) is 4.08. The lowest BCUT2D eigenvalue weighted by atomic mass is 10.1.